The van der Waals surface area contributed by atoms with E-state index in [1.165, 1.54) is 12.8 Å². The van der Waals surface area contributed by atoms with Gasteiger partial charge in [-0.25, -0.2) is 0 Å². The normalized spacial score (nSPS) is 19.6. The molecule has 1 rings (SSSR count). The highest BCUT2D eigenvalue weighted by molar-refractivity contribution is 7.98. The second kappa shape index (κ2) is 6.57. The number of carbonyl (C=O) groups excluding carboxylic acids is 1. The molecule has 0 saturated heterocycles. The van der Waals surface area contributed by atoms with Crippen LogP contribution < -0.4 is 5.32 Å². The van der Waals surface area contributed by atoms with Crippen molar-refractivity contribution in [2.75, 3.05) is 12.0 Å². The van der Waals surface area contributed by atoms with Crippen LogP contribution in [0.3, 0.4) is 0 Å². The number of nitrogens with one attached hydrogen (secondary N) is 1. The Hall–Kier alpha value is 0.110. The van der Waals surface area contributed by atoms with Crippen molar-refractivity contribution in [3.63, 3.8) is 0 Å². The number of rotatable bonds is 5. The average Bonchev–Trinajstić information content (AvgIpc) is 2.66. The Morgan fingerprint density at radius 2 is 2.21 bits per heavy atom. The zero-order chi connectivity index (χ0) is 10.4. The minimum atomic E-state index is -0.344. The lowest BCUT2D eigenvalue weighted by molar-refractivity contribution is -0.121. The Labute approximate surface area is 95.2 Å². The van der Waals surface area contributed by atoms with Gasteiger partial charge in [0.2, 0.25) is 5.91 Å². The highest BCUT2D eigenvalue weighted by Crippen LogP contribution is 2.18. The summed E-state index contributed by atoms with van der Waals surface area (Å²) in [5.41, 5.74) is 0. The SMILES string of the molecule is CSCCC(Cl)C(=O)NC1CCCC1. The first kappa shape index (κ1) is 12.2. The van der Waals surface area contributed by atoms with E-state index in [0.29, 0.717) is 6.04 Å². The molecule has 82 valence electrons. The molecule has 1 atom stereocenters. The molecule has 0 heterocycles. The van der Waals surface area contributed by atoms with Crippen molar-refractivity contribution in [3.8, 4) is 0 Å². The predicted molar refractivity (Wildman–Crippen MR) is 63.0 cm³/mol. The van der Waals surface area contributed by atoms with Crippen LogP contribution in [0, 0.1) is 0 Å². The fourth-order valence-electron chi connectivity index (χ4n) is 1.71. The first-order chi connectivity index (χ1) is 6.74. The van der Waals surface area contributed by atoms with Crippen LogP contribution in [0.1, 0.15) is 32.1 Å². The van der Waals surface area contributed by atoms with Crippen LogP contribution in [-0.4, -0.2) is 29.3 Å². The molecule has 0 spiro atoms. The van der Waals surface area contributed by atoms with E-state index >= 15 is 0 Å². The Kier molecular flexibility index (Phi) is 5.71. The van der Waals surface area contributed by atoms with Crippen molar-refractivity contribution in [3.05, 3.63) is 0 Å². The van der Waals surface area contributed by atoms with E-state index in [4.69, 9.17) is 11.6 Å². The summed E-state index contributed by atoms with van der Waals surface area (Å²) >= 11 is 7.69. The Morgan fingerprint density at radius 3 is 2.79 bits per heavy atom. The van der Waals surface area contributed by atoms with Gasteiger partial charge in [-0.3, -0.25) is 4.79 Å². The number of thioether (sulfide) groups is 1. The van der Waals surface area contributed by atoms with E-state index in [9.17, 15) is 4.79 Å². The summed E-state index contributed by atoms with van der Waals surface area (Å²) in [6.45, 7) is 0. The second-order valence-corrected chi connectivity index (χ2v) is 5.25. The van der Waals surface area contributed by atoms with Crippen molar-refractivity contribution >= 4 is 29.3 Å². The van der Waals surface area contributed by atoms with E-state index in [1.54, 1.807) is 11.8 Å². The van der Waals surface area contributed by atoms with Gasteiger partial charge in [0.1, 0.15) is 5.38 Å². The number of amides is 1. The predicted octanol–water partition coefficient (Wildman–Crippen LogP) is 2.41. The summed E-state index contributed by atoms with van der Waals surface area (Å²) < 4.78 is 0. The van der Waals surface area contributed by atoms with E-state index in [-0.39, 0.29) is 11.3 Å². The molecule has 1 N–H and O–H groups in total. The summed E-state index contributed by atoms with van der Waals surface area (Å²) in [7, 11) is 0. The fraction of sp³-hybridized carbons (Fsp3) is 0.900. The standard InChI is InChI=1S/C10H18ClNOS/c1-14-7-6-9(11)10(13)12-8-4-2-3-5-8/h8-9H,2-7H2,1H3,(H,12,13). The molecule has 0 bridgehead atoms. The molecular formula is C10H18ClNOS. The van der Waals surface area contributed by atoms with Crippen LogP contribution in [0.25, 0.3) is 0 Å². The molecule has 0 aromatic carbocycles. The van der Waals surface area contributed by atoms with Crippen LogP contribution in [0.2, 0.25) is 0 Å². The fourth-order valence-corrected chi connectivity index (χ4v) is 2.49. The number of hydrogen-bond acceptors (Lipinski definition) is 2. The smallest absolute Gasteiger partial charge is 0.238 e. The molecule has 2 nitrogen and oxygen atoms in total. The highest BCUT2D eigenvalue weighted by atomic mass is 35.5. The quantitative estimate of drug-likeness (QED) is 0.742. The summed E-state index contributed by atoms with van der Waals surface area (Å²) in [5, 5.41) is 2.66. The van der Waals surface area contributed by atoms with Crippen molar-refractivity contribution in [2.45, 2.75) is 43.5 Å². The van der Waals surface area contributed by atoms with Crippen molar-refractivity contribution in [1.82, 2.24) is 5.32 Å². The molecule has 0 aromatic rings. The Bertz CT molecular complexity index is 183. The van der Waals surface area contributed by atoms with Crippen LogP contribution >= 0.6 is 23.4 Å². The molecule has 1 amide bonds. The number of hydrogen-bond donors (Lipinski definition) is 1. The maximum Gasteiger partial charge on any atom is 0.238 e. The third-order valence-electron chi connectivity index (χ3n) is 2.56. The summed E-state index contributed by atoms with van der Waals surface area (Å²) in [6, 6.07) is 0.387. The molecule has 4 heteroatoms. The van der Waals surface area contributed by atoms with Gasteiger partial charge in [0.05, 0.1) is 0 Å². The number of carbonyl (C=O) groups is 1. The highest BCUT2D eigenvalue weighted by Gasteiger charge is 2.21. The van der Waals surface area contributed by atoms with Gasteiger partial charge in [-0.2, -0.15) is 11.8 Å². The summed E-state index contributed by atoms with van der Waals surface area (Å²) in [6.07, 6.45) is 7.51. The zero-order valence-electron chi connectivity index (χ0n) is 8.59. The molecule has 1 aliphatic rings. The van der Waals surface area contributed by atoms with Gasteiger partial charge < -0.3 is 5.32 Å². The number of halogens is 1. The lowest BCUT2D eigenvalue weighted by Gasteiger charge is -2.14. The summed E-state index contributed by atoms with van der Waals surface area (Å²) in [4.78, 5) is 11.6. The molecular weight excluding hydrogens is 218 g/mol. The lowest BCUT2D eigenvalue weighted by atomic mass is 10.2. The van der Waals surface area contributed by atoms with E-state index < -0.39 is 0 Å². The van der Waals surface area contributed by atoms with Gasteiger partial charge in [-0.05, 0) is 31.3 Å². The third-order valence-corrected chi connectivity index (χ3v) is 3.62. The largest absolute Gasteiger partial charge is 0.352 e. The van der Waals surface area contributed by atoms with Gasteiger partial charge >= 0.3 is 0 Å². The molecule has 1 saturated carbocycles. The van der Waals surface area contributed by atoms with Crippen LogP contribution in [-0.2, 0) is 4.79 Å². The second-order valence-electron chi connectivity index (χ2n) is 3.74. The third kappa shape index (κ3) is 4.09. The molecule has 0 radical (unpaired) electrons. The minimum Gasteiger partial charge on any atom is -0.352 e. The molecule has 0 aromatic heterocycles. The topological polar surface area (TPSA) is 29.1 Å². The van der Waals surface area contributed by atoms with E-state index in [1.807, 2.05) is 6.26 Å². The maximum absolute atomic E-state index is 11.6. The zero-order valence-corrected chi connectivity index (χ0v) is 10.2. The van der Waals surface area contributed by atoms with Gasteiger partial charge in [-0.1, -0.05) is 12.8 Å². The van der Waals surface area contributed by atoms with Crippen LogP contribution in [0.5, 0.6) is 0 Å². The van der Waals surface area contributed by atoms with Crippen molar-refractivity contribution in [1.29, 1.82) is 0 Å². The van der Waals surface area contributed by atoms with Crippen LogP contribution in [0.4, 0.5) is 0 Å². The maximum atomic E-state index is 11.6. The Morgan fingerprint density at radius 1 is 1.57 bits per heavy atom. The van der Waals surface area contributed by atoms with Crippen molar-refractivity contribution < 1.29 is 4.79 Å². The molecule has 0 aliphatic heterocycles. The lowest BCUT2D eigenvalue weighted by Crippen LogP contribution is -2.38. The van der Waals surface area contributed by atoms with Crippen molar-refractivity contribution in [2.24, 2.45) is 0 Å². The van der Waals surface area contributed by atoms with Gasteiger partial charge in [0, 0.05) is 6.04 Å². The van der Waals surface area contributed by atoms with E-state index in [0.717, 1.165) is 25.0 Å². The Balaban J connectivity index is 2.18. The molecule has 1 fully saturated rings. The number of alkyl halides is 1. The molecule has 1 aliphatic carbocycles. The monoisotopic (exact) mass is 235 g/mol. The first-order valence-corrected chi connectivity index (χ1v) is 7.00. The van der Waals surface area contributed by atoms with Gasteiger partial charge in [0.15, 0.2) is 0 Å². The van der Waals surface area contributed by atoms with Gasteiger partial charge in [0.25, 0.3) is 0 Å². The van der Waals surface area contributed by atoms with Crippen LogP contribution in [0.15, 0.2) is 0 Å². The van der Waals surface area contributed by atoms with Gasteiger partial charge in [-0.15, -0.1) is 11.6 Å². The average molecular weight is 236 g/mol. The molecule has 14 heavy (non-hydrogen) atoms. The first-order valence-electron chi connectivity index (χ1n) is 5.17. The van der Waals surface area contributed by atoms with E-state index in [2.05, 4.69) is 5.32 Å². The molecule has 1 unspecified atom stereocenters. The minimum absolute atomic E-state index is 0.0209. The summed E-state index contributed by atoms with van der Waals surface area (Å²) in [5.74, 6) is 0.972.